The predicted molar refractivity (Wildman–Crippen MR) is 123 cm³/mol. The number of benzene rings is 2. The van der Waals surface area contributed by atoms with Crippen LogP contribution in [0.5, 0.6) is 0 Å². The zero-order chi connectivity index (χ0) is 22.2. The summed E-state index contributed by atoms with van der Waals surface area (Å²) in [5.41, 5.74) is 2.38. The summed E-state index contributed by atoms with van der Waals surface area (Å²) < 4.78 is 0. The Morgan fingerprint density at radius 3 is 2.52 bits per heavy atom. The molecule has 0 unspecified atom stereocenters. The van der Waals surface area contributed by atoms with Crippen molar-refractivity contribution in [3.05, 3.63) is 77.2 Å². The molecule has 0 aliphatic carbocycles. The molecule has 10 heteroatoms. The van der Waals surface area contributed by atoms with Gasteiger partial charge in [-0.15, -0.1) is 11.3 Å². The van der Waals surface area contributed by atoms with Gasteiger partial charge in [-0.1, -0.05) is 42.5 Å². The van der Waals surface area contributed by atoms with Crippen molar-refractivity contribution in [3.8, 4) is 10.4 Å². The van der Waals surface area contributed by atoms with E-state index in [1.54, 1.807) is 30.3 Å². The number of anilines is 1. The molecule has 0 fully saturated rings. The fourth-order valence-corrected chi connectivity index (χ4v) is 3.55. The Kier molecular flexibility index (Phi) is 7.42. The van der Waals surface area contributed by atoms with E-state index in [9.17, 15) is 14.6 Å². The van der Waals surface area contributed by atoms with Crippen LogP contribution in [0.2, 0.25) is 6.82 Å². The number of carboxylic acid groups (broad SMARTS) is 1. The van der Waals surface area contributed by atoms with E-state index in [0.717, 1.165) is 16.0 Å². The van der Waals surface area contributed by atoms with Crippen LogP contribution in [-0.4, -0.2) is 35.1 Å². The highest BCUT2D eigenvalue weighted by molar-refractivity contribution is 7.17. The number of rotatable bonds is 6. The first kappa shape index (κ1) is 22.1. The monoisotopic (exact) mass is 436 g/mol. The van der Waals surface area contributed by atoms with Crippen LogP contribution in [0.3, 0.4) is 0 Å². The van der Waals surface area contributed by atoms with Gasteiger partial charge in [-0.3, -0.25) is 10.2 Å². The molecule has 0 saturated carbocycles. The standard InChI is InChI=1S/C21H21BN4O4S/c1-22(30)26-20(25-21(29)23-13-14-6-3-2-4-7-14)24-16-9-5-8-15(12-16)17-10-11-18(31-17)19(27)28/h2-12,30H,13H2,1H3,(H,27,28)(H3,23,24,25,26,29). The quantitative estimate of drug-likeness (QED) is 0.230. The number of nitrogens with one attached hydrogen (secondary N) is 3. The molecule has 2 amide bonds. The molecule has 0 atom stereocenters. The van der Waals surface area contributed by atoms with Crippen molar-refractivity contribution in [2.24, 2.45) is 4.90 Å². The molecule has 2 aromatic carbocycles. The molecule has 158 valence electrons. The molecule has 0 bridgehead atoms. The Balaban J connectivity index is 1.69. The van der Waals surface area contributed by atoms with Crippen LogP contribution in [0.15, 0.2) is 71.6 Å². The maximum Gasteiger partial charge on any atom is 0.431 e. The molecule has 0 saturated heterocycles. The molecular formula is C21H21BN4O4S. The molecule has 3 aromatic rings. The van der Waals surface area contributed by atoms with Gasteiger partial charge in [-0.05, 0) is 42.2 Å². The first-order valence-corrected chi connectivity index (χ1v) is 10.3. The van der Waals surface area contributed by atoms with E-state index < -0.39 is 19.1 Å². The number of amides is 2. The van der Waals surface area contributed by atoms with E-state index >= 15 is 0 Å². The molecule has 1 aromatic heterocycles. The van der Waals surface area contributed by atoms with Gasteiger partial charge in [-0.25, -0.2) is 9.59 Å². The van der Waals surface area contributed by atoms with Crippen LogP contribution < -0.4 is 16.0 Å². The minimum Gasteiger partial charge on any atom is -0.477 e. The summed E-state index contributed by atoms with van der Waals surface area (Å²) in [5, 5.41) is 27.1. The maximum absolute atomic E-state index is 12.3. The Morgan fingerprint density at radius 2 is 1.84 bits per heavy atom. The number of carbonyl (C=O) groups excluding carboxylic acids is 1. The highest BCUT2D eigenvalue weighted by Gasteiger charge is 2.12. The lowest BCUT2D eigenvalue weighted by atomic mass is 9.91. The summed E-state index contributed by atoms with van der Waals surface area (Å²) in [7, 11) is -1.03. The average Bonchev–Trinajstić information content (AvgIpc) is 3.23. The van der Waals surface area contributed by atoms with Gasteiger partial charge in [0, 0.05) is 17.1 Å². The molecule has 0 radical (unpaired) electrons. The first-order chi connectivity index (χ1) is 14.9. The van der Waals surface area contributed by atoms with Crippen molar-refractivity contribution in [1.29, 1.82) is 0 Å². The molecule has 5 N–H and O–H groups in total. The van der Waals surface area contributed by atoms with Gasteiger partial charge < -0.3 is 20.8 Å². The lowest BCUT2D eigenvalue weighted by Gasteiger charge is -2.14. The predicted octanol–water partition coefficient (Wildman–Crippen LogP) is 3.49. The van der Waals surface area contributed by atoms with Crippen molar-refractivity contribution in [3.63, 3.8) is 0 Å². The van der Waals surface area contributed by atoms with E-state index in [1.807, 2.05) is 36.4 Å². The number of nitrogens with zero attached hydrogens (tertiary/aromatic N) is 1. The Bertz CT molecular complexity index is 1090. The zero-order valence-electron chi connectivity index (χ0n) is 16.7. The van der Waals surface area contributed by atoms with Crippen LogP contribution in [0.4, 0.5) is 10.5 Å². The number of thiophene rings is 1. The van der Waals surface area contributed by atoms with Gasteiger partial charge in [0.05, 0.1) is 0 Å². The summed E-state index contributed by atoms with van der Waals surface area (Å²) in [4.78, 5) is 28.5. The van der Waals surface area contributed by atoms with Gasteiger partial charge in [-0.2, -0.15) is 0 Å². The third kappa shape index (κ3) is 6.70. The highest BCUT2D eigenvalue weighted by atomic mass is 32.1. The van der Waals surface area contributed by atoms with Crippen molar-refractivity contribution in [2.75, 3.05) is 5.32 Å². The molecule has 1 heterocycles. The molecular weight excluding hydrogens is 415 g/mol. The molecule has 8 nitrogen and oxygen atoms in total. The fourth-order valence-electron chi connectivity index (χ4n) is 2.71. The topological polar surface area (TPSA) is 123 Å². The number of urea groups is 1. The fraction of sp³-hybridized carbons (Fsp3) is 0.0952. The zero-order valence-corrected chi connectivity index (χ0v) is 17.5. The van der Waals surface area contributed by atoms with E-state index in [0.29, 0.717) is 12.2 Å². The van der Waals surface area contributed by atoms with Crippen molar-refractivity contribution < 1.29 is 19.7 Å². The minimum absolute atomic E-state index is 0.0788. The van der Waals surface area contributed by atoms with E-state index in [-0.39, 0.29) is 10.8 Å². The molecule has 31 heavy (non-hydrogen) atoms. The Hall–Kier alpha value is -3.63. The third-order valence-electron chi connectivity index (χ3n) is 4.07. The second kappa shape index (κ2) is 10.4. The van der Waals surface area contributed by atoms with Crippen molar-refractivity contribution in [2.45, 2.75) is 13.4 Å². The van der Waals surface area contributed by atoms with E-state index in [1.165, 1.54) is 18.2 Å². The number of hydrogen-bond acceptors (Lipinski definition) is 5. The first-order valence-electron chi connectivity index (χ1n) is 9.46. The van der Waals surface area contributed by atoms with Crippen LogP contribution in [0.1, 0.15) is 15.2 Å². The van der Waals surface area contributed by atoms with Gasteiger partial charge >= 0.3 is 19.1 Å². The van der Waals surface area contributed by atoms with Gasteiger partial charge in [0.15, 0.2) is 5.96 Å². The molecule has 0 aliphatic heterocycles. The Labute approximate surface area is 183 Å². The van der Waals surface area contributed by atoms with Crippen LogP contribution >= 0.6 is 11.3 Å². The van der Waals surface area contributed by atoms with E-state index in [4.69, 9.17) is 5.11 Å². The maximum atomic E-state index is 12.3. The summed E-state index contributed by atoms with van der Waals surface area (Å²) in [6.45, 7) is 1.81. The number of aromatic carboxylic acids is 1. The van der Waals surface area contributed by atoms with Crippen molar-refractivity contribution >= 4 is 42.0 Å². The lowest BCUT2D eigenvalue weighted by Crippen LogP contribution is -2.43. The second-order valence-corrected chi connectivity index (χ2v) is 7.66. The molecule has 0 spiro atoms. The van der Waals surface area contributed by atoms with Crippen LogP contribution in [0, 0.1) is 0 Å². The summed E-state index contributed by atoms with van der Waals surface area (Å²) in [6.07, 6.45) is 0. The number of carbonyl (C=O) groups is 2. The Morgan fingerprint density at radius 1 is 1.06 bits per heavy atom. The smallest absolute Gasteiger partial charge is 0.431 e. The lowest BCUT2D eigenvalue weighted by molar-refractivity contribution is 0.0702. The average molecular weight is 436 g/mol. The molecule has 0 aliphatic rings. The van der Waals surface area contributed by atoms with Crippen LogP contribution in [0.25, 0.3) is 10.4 Å². The van der Waals surface area contributed by atoms with Gasteiger partial charge in [0.2, 0.25) is 0 Å². The summed E-state index contributed by atoms with van der Waals surface area (Å²) >= 11 is 1.17. The minimum atomic E-state index is -1.03. The number of carboxylic acids is 1. The van der Waals surface area contributed by atoms with Crippen LogP contribution in [-0.2, 0) is 6.54 Å². The third-order valence-corrected chi connectivity index (χ3v) is 5.19. The normalized spacial score (nSPS) is 11.0. The van der Waals surface area contributed by atoms with Gasteiger partial charge in [0.1, 0.15) is 4.88 Å². The number of guanidine groups is 1. The van der Waals surface area contributed by atoms with Gasteiger partial charge in [0.25, 0.3) is 0 Å². The SMILES string of the molecule is CB(O)/N=C(\NC(=O)NCc1ccccc1)Nc1cccc(-c2ccc(C(=O)O)s2)c1. The highest BCUT2D eigenvalue weighted by Crippen LogP contribution is 2.29. The molecule has 3 rings (SSSR count). The van der Waals surface area contributed by atoms with E-state index in [2.05, 4.69) is 20.9 Å². The number of hydrogen-bond donors (Lipinski definition) is 5. The largest absolute Gasteiger partial charge is 0.477 e. The summed E-state index contributed by atoms with van der Waals surface area (Å²) in [5.74, 6) is -0.891. The second-order valence-electron chi connectivity index (χ2n) is 6.58. The van der Waals surface area contributed by atoms with Crippen molar-refractivity contribution in [1.82, 2.24) is 10.6 Å². The summed E-state index contributed by atoms with van der Waals surface area (Å²) in [6, 6.07) is 19.5.